The normalized spacial score (nSPS) is 11.6. The highest BCUT2D eigenvalue weighted by Crippen LogP contribution is 2.20. The van der Waals surface area contributed by atoms with E-state index in [9.17, 15) is 0 Å². The van der Waals surface area contributed by atoms with Crippen molar-refractivity contribution in [3.63, 3.8) is 0 Å². The Bertz CT molecular complexity index is 339. The minimum Gasteiger partial charge on any atom is -0.496 e. The zero-order chi connectivity index (χ0) is 12.2. The zero-order valence-corrected chi connectivity index (χ0v) is 10.8. The lowest BCUT2D eigenvalue weighted by Crippen LogP contribution is -2.31. The van der Waals surface area contributed by atoms with E-state index < -0.39 is 0 Å². The molecule has 90 valence electrons. The molecule has 1 rings (SSSR count). The summed E-state index contributed by atoms with van der Waals surface area (Å²) in [6.45, 7) is 6.23. The van der Waals surface area contributed by atoms with E-state index in [2.05, 4.69) is 32.9 Å². The molecule has 0 heterocycles. The van der Waals surface area contributed by atoms with Crippen LogP contribution in [0.4, 0.5) is 0 Å². The minimum atomic E-state index is -0.0541. The van der Waals surface area contributed by atoms with Gasteiger partial charge in [0.05, 0.1) is 7.11 Å². The fourth-order valence-corrected chi connectivity index (χ4v) is 1.84. The first-order valence-corrected chi connectivity index (χ1v) is 5.85. The van der Waals surface area contributed by atoms with E-state index in [4.69, 9.17) is 10.5 Å². The summed E-state index contributed by atoms with van der Waals surface area (Å²) in [6.07, 6.45) is 3.28. The van der Waals surface area contributed by atoms with Crippen LogP contribution in [0, 0.1) is 6.92 Å². The van der Waals surface area contributed by atoms with Crippen molar-refractivity contribution in [1.82, 2.24) is 0 Å². The maximum Gasteiger partial charge on any atom is 0.121 e. The molecule has 0 saturated heterocycles. The number of rotatable bonds is 5. The van der Waals surface area contributed by atoms with Crippen LogP contribution in [0.25, 0.3) is 0 Å². The van der Waals surface area contributed by atoms with Gasteiger partial charge in [-0.2, -0.15) is 0 Å². The number of methoxy groups -OCH3 is 1. The van der Waals surface area contributed by atoms with Crippen molar-refractivity contribution in [2.45, 2.75) is 45.6 Å². The Hall–Kier alpha value is -1.02. The number of benzene rings is 1. The predicted molar refractivity (Wildman–Crippen MR) is 68.9 cm³/mol. The average molecular weight is 221 g/mol. The number of ether oxygens (including phenoxy) is 1. The molecule has 0 bridgehead atoms. The van der Waals surface area contributed by atoms with Crippen molar-refractivity contribution < 1.29 is 4.74 Å². The van der Waals surface area contributed by atoms with Gasteiger partial charge >= 0.3 is 0 Å². The van der Waals surface area contributed by atoms with Gasteiger partial charge in [0, 0.05) is 5.54 Å². The van der Waals surface area contributed by atoms with Crippen molar-refractivity contribution in [2.75, 3.05) is 7.11 Å². The van der Waals surface area contributed by atoms with Gasteiger partial charge < -0.3 is 10.5 Å². The second-order valence-electron chi connectivity index (χ2n) is 5.15. The van der Waals surface area contributed by atoms with Gasteiger partial charge in [0.15, 0.2) is 0 Å². The maximum absolute atomic E-state index is 5.96. The Kier molecular flexibility index (Phi) is 4.36. The number of nitrogens with two attached hydrogens (primary N) is 1. The quantitative estimate of drug-likeness (QED) is 0.829. The Morgan fingerprint density at radius 2 is 2.00 bits per heavy atom. The van der Waals surface area contributed by atoms with Gasteiger partial charge in [0.1, 0.15) is 5.75 Å². The van der Waals surface area contributed by atoms with Gasteiger partial charge in [-0.25, -0.2) is 0 Å². The maximum atomic E-state index is 5.96. The molecule has 0 aliphatic rings. The van der Waals surface area contributed by atoms with Gasteiger partial charge in [0.2, 0.25) is 0 Å². The van der Waals surface area contributed by atoms with Crippen molar-refractivity contribution in [1.29, 1.82) is 0 Å². The zero-order valence-electron chi connectivity index (χ0n) is 10.8. The van der Waals surface area contributed by atoms with Crippen LogP contribution in [0.15, 0.2) is 18.2 Å². The van der Waals surface area contributed by atoms with Gasteiger partial charge in [0.25, 0.3) is 0 Å². The minimum absolute atomic E-state index is 0.0541. The molecule has 0 atom stereocenters. The fraction of sp³-hybridized carbons (Fsp3) is 0.571. The lowest BCUT2D eigenvalue weighted by molar-refractivity contribution is 0.411. The van der Waals surface area contributed by atoms with Gasteiger partial charge in [-0.3, -0.25) is 0 Å². The molecule has 0 radical (unpaired) electrons. The standard InChI is InChI=1S/C14H23NO/c1-11-10-12(7-8-13(11)16-4)6-5-9-14(2,3)15/h7-8,10H,5-6,9,15H2,1-4H3. The van der Waals surface area contributed by atoms with Crippen LogP contribution in [0.3, 0.4) is 0 Å². The Morgan fingerprint density at radius 3 is 2.50 bits per heavy atom. The second kappa shape index (κ2) is 5.35. The van der Waals surface area contributed by atoms with Gasteiger partial charge in [-0.15, -0.1) is 0 Å². The summed E-state index contributed by atoms with van der Waals surface area (Å²) in [5.74, 6) is 0.961. The molecule has 0 amide bonds. The van der Waals surface area contributed by atoms with Crippen LogP contribution in [0.2, 0.25) is 0 Å². The Morgan fingerprint density at radius 1 is 1.31 bits per heavy atom. The first kappa shape index (κ1) is 13.0. The van der Waals surface area contributed by atoms with Crippen molar-refractivity contribution >= 4 is 0 Å². The van der Waals surface area contributed by atoms with E-state index in [0.717, 1.165) is 25.0 Å². The van der Waals surface area contributed by atoms with E-state index in [1.165, 1.54) is 11.1 Å². The smallest absolute Gasteiger partial charge is 0.121 e. The molecule has 0 unspecified atom stereocenters. The molecule has 1 aromatic rings. The summed E-state index contributed by atoms with van der Waals surface area (Å²) >= 11 is 0. The molecule has 1 aromatic carbocycles. The highest BCUT2D eigenvalue weighted by atomic mass is 16.5. The van der Waals surface area contributed by atoms with Crippen molar-refractivity contribution in [3.05, 3.63) is 29.3 Å². The van der Waals surface area contributed by atoms with Crippen molar-refractivity contribution in [2.24, 2.45) is 5.73 Å². The summed E-state index contributed by atoms with van der Waals surface area (Å²) in [5.41, 5.74) is 8.47. The van der Waals surface area contributed by atoms with Crippen molar-refractivity contribution in [3.8, 4) is 5.75 Å². The number of aryl methyl sites for hydroxylation is 2. The first-order valence-electron chi connectivity index (χ1n) is 5.85. The molecule has 16 heavy (non-hydrogen) atoms. The molecular weight excluding hydrogens is 198 g/mol. The van der Waals surface area contributed by atoms with E-state index in [-0.39, 0.29) is 5.54 Å². The molecule has 0 saturated carbocycles. The lowest BCUT2D eigenvalue weighted by atomic mass is 9.96. The monoisotopic (exact) mass is 221 g/mol. The molecule has 2 heteroatoms. The summed E-state index contributed by atoms with van der Waals surface area (Å²) in [5, 5.41) is 0. The summed E-state index contributed by atoms with van der Waals surface area (Å²) in [7, 11) is 1.71. The third-order valence-corrected chi connectivity index (χ3v) is 2.75. The van der Waals surface area contributed by atoms with Gasteiger partial charge in [-0.1, -0.05) is 12.1 Å². The van der Waals surface area contributed by atoms with Crippen LogP contribution in [-0.4, -0.2) is 12.6 Å². The Balaban J connectivity index is 2.52. The molecule has 0 aromatic heterocycles. The van der Waals surface area contributed by atoms with Crippen LogP contribution >= 0.6 is 0 Å². The predicted octanol–water partition coefficient (Wildman–Crippen LogP) is 3.06. The number of hydrogen-bond acceptors (Lipinski definition) is 2. The molecule has 0 aliphatic heterocycles. The molecule has 2 N–H and O–H groups in total. The molecule has 0 aliphatic carbocycles. The lowest BCUT2D eigenvalue weighted by Gasteiger charge is -2.18. The molecule has 0 fully saturated rings. The summed E-state index contributed by atoms with van der Waals surface area (Å²) in [6, 6.07) is 6.37. The van der Waals surface area contributed by atoms with E-state index >= 15 is 0 Å². The molecular formula is C14H23NO. The van der Waals surface area contributed by atoms with E-state index in [1.54, 1.807) is 7.11 Å². The topological polar surface area (TPSA) is 35.2 Å². The second-order valence-corrected chi connectivity index (χ2v) is 5.15. The van der Waals surface area contributed by atoms with Crippen LogP contribution < -0.4 is 10.5 Å². The third-order valence-electron chi connectivity index (χ3n) is 2.75. The van der Waals surface area contributed by atoms with Crippen LogP contribution in [0.5, 0.6) is 5.75 Å². The van der Waals surface area contributed by atoms with Crippen LogP contribution in [0.1, 0.15) is 37.8 Å². The van der Waals surface area contributed by atoms with Gasteiger partial charge in [-0.05, 0) is 57.2 Å². The highest BCUT2D eigenvalue weighted by molar-refractivity contribution is 5.36. The summed E-state index contributed by atoms with van der Waals surface area (Å²) in [4.78, 5) is 0. The highest BCUT2D eigenvalue weighted by Gasteiger charge is 2.09. The van der Waals surface area contributed by atoms with E-state index in [0.29, 0.717) is 0 Å². The molecule has 0 spiro atoms. The number of hydrogen-bond donors (Lipinski definition) is 1. The largest absolute Gasteiger partial charge is 0.496 e. The van der Waals surface area contributed by atoms with E-state index in [1.807, 2.05) is 6.07 Å². The average Bonchev–Trinajstić information content (AvgIpc) is 2.16. The Labute approximate surface area is 98.8 Å². The first-order chi connectivity index (χ1) is 7.42. The molecule has 2 nitrogen and oxygen atoms in total. The third kappa shape index (κ3) is 4.23. The SMILES string of the molecule is COc1ccc(CCCC(C)(C)N)cc1C. The fourth-order valence-electron chi connectivity index (χ4n) is 1.84. The van der Waals surface area contributed by atoms with Crippen LogP contribution in [-0.2, 0) is 6.42 Å². The summed E-state index contributed by atoms with van der Waals surface area (Å²) < 4.78 is 5.24.